The number of nitrogens with zero attached hydrogens (tertiary/aromatic N) is 1. The summed E-state index contributed by atoms with van der Waals surface area (Å²) in [4.78, 5) is 4.43. The van der Waals surface area contributed by atoms with E-state index in [2.05, 4.69) is 15.6 Å². The number of methoxy groups -OCH3 is 1. The Morgan fingerprint density at radius 2 is 2.10 bits per heavy atom. The van der Waals surface area contributed by atoms with Crippen molar-refractivity contribution in [3.63, 3.8) is 0 Å². The molecule has 5 nitrogen and oxygen atoms in total. The lowest BCUT2D eigenvalue weighted by atomic mass is 10.1. The molecule has 1 aromatic carbocycles. The second-order valence-corrected chi connectivity index (χ2v) is 4.93. The van der Waals surface area contributed by atoms with Crippen LogP contribution < -0.4 is 15.4 Å². The van der Waals surface area contributed by atoms with Gasteiger partial charge in [-0.25, -0.2) is 0 Å². The zero-order valence-electron chi connectivity index (χ0n) is 12.1. The van der Waals surface area contributed by atoms with E-state index in [4.69, 9.17) is 4.74 Å². The highest BCUT2D eigenvalue weighted by atomic mass is 16.5. The molecule has 1 aliphatic rings. The number of aliphatic hydroxyl groups is 1. The average Bonchev–Trinajstić information content (AvgIpc) is 3.29. The first-order chi connectivity index (χ1) is 9.72. The highest BCUT2D eigenvalue weighted by Crippen LogP contribution is 2.19. The predicted octanol–water partition coefficient (Wildman–Crippen LogP) is 1.45. The first kappa shape index (κ1) is 14.7. The van der Waals surface area contributed by atoms with Crippen LogP contribution in [-0.4, -0.2) is 37.3 Å². The van der Waals surface area contributed by atoms with Crippen LogP contribution in [0.25, 0.3) is 0 Å². The van der Waals surface area contributed by atoms with Crippen molar-refractivity contribution >= 4 is 5.96 Å². The number of aliphatic hydroxyl groups excluding tert-OH is 1. The fourth-order valence-corrected chi connectivity index (χ4v) is 1.85. The summed E-state index contributed by atoms with van der Waals surface area (Å²) in [6.45, 7) is 3.19. The van der Waals surface area contributed by atoms with Crippen LogP contribution >= 0.6 is 0 Å². The van der Waals surface area contributed by atoms with E-state index >= 15 is 0 Å². The van der Waals surface area contributed by atoms with E-state index in [1.807, 2.05) is 31.2 Å². The van der Waals surface area contributed by atoms with Crippen molar-refractivity contribution in [2.45, 2.75) is 31.9 Å². The van der Waals surface area contributed by atoms with Gasteiger partial charge in [0.1, 0.15) is 5.75 Å². The number of hydrogen-bond acceptors (Lipinski definition) is 3. The molecule has 0 aromatic heterocycles. The third-order valence-corrected chi connectivity index (χ3v) is 3.19. The molecule has 20 heavy (non-hydrogen) atoms. The number of ether oxygens (including phenoxy) is 1. The van der Waals surface area contributed by atoms with E-state index < -0.39 is 6.10 Å². The van der Waals surface area contributed by atoms with Crippen molar-refractivity contribution < 1.29 is 9.84 Å². The molecule has 0 saturated heterocycles. The van der Waals surface area contributed by atoms with Crippen molar-refractivity contribution in [1.29, 1.82) is 0 Å². The van der Waals surface area contributed by atoms with Gasteiger partial charge in [-0.3, -0.25) is 4.99 Å². The van der Waals surface area contributed by atoms with Gasteiger partial charge in [0.2, 0.25) is 0 Å². The topological polar surface area (TPSA) is 65.9 Å². The fraction of sp³-hybridized carbons (Fsp3) is 0.533. The van der Waals surface area contributed by atoms with Gasteiger partial charge in [-0.1, -0.05) is 12.1 Å². The third-order valence-electron chi connectivity index (χ3n) is 3.19. The molecule has 0 amide bonds. The van der Waals surface area contributed by atoms with Crippen molar-refractivity contribution in [2.24, 2.45) is 4.99 Å². The Morgan fingerprint density at radius 1 is 1.40 bits per heavy atom. The largest absolute Gasteiger partial charge is 0.497 e. The van der Waals surface area contributed by atoms with Crippen LogP contribution in [0.1, 0.15) is 31.4 Å². The summed E-state index contributed by atoms with van der Waals surface area (Å²) in [7, 11) is 1.63. The molecule has 1 fully saturated rings. The number of aliphatic imine (C=N–C) groups is 1. The van der Waals surface area contributed by atoms with Gasteiger partial charge in [-0.2, -0.15) is 0 Å². The van der Waals surface area contributed by atoms with Gasteiger partial charge in [0.25, 0.3) is 0 Å². The van der Waals surface area contributed by atoms with Gasteiger partial charge < -0.3 is 20.5 Å². The lowest BCUT2D eigenvalue weighted by Crippen LogP contribution is -2.38. The number of hydrogen-bond donors (Lipinski definition) is 3. The Morgan fingerprint density at radius 3 is 2.65 bits per heavy atom. The summed E-state index contributed by atoms with van der Waals surface area (Å²) >= 11 is 0. The lowest BCUT2D eigenvalue weighted by Gasteiger charge is -2.13. The molecule has 5 heteroatoms. The fourth-order valence-electron chi connectivity index (χ4n) is 1.85. The minimum atomic E-state index is -0.601. The van der Waals surface area contributed by atoms with Gasteiger partial charge in [-0.05, 0) is 37.5 Å². The first-order valence-corrected chi connectivity index (χ1v) is 7.09. The molecule has 3 N–H and O–H groups in total. The van der Waals surface area contributed by atoms with Crippen LogP contribution in [0.15, 0.2) is 29.3 Å². The molecule has 0 heterocycles. The molecule has 1 unspecified atom stereocenters. The Bertz CT molecular complexity index is 441. The molecular formula is C15H23N3O2. The number of guanidine groups is 1. The molecule has 1 saturated carbocycles. The molecule has 0 bridgehead atoms. The van der Waals surface area contributed by atoms with Crippen molar-refractivity contribution in [2.75, 3.05) is 20.2 Å². The van der Waals surface area contributed by atoms with E-state index in [9.17, 15) is 5.11 Å². The normalized spacial score (nSPS) is 16.6. The monoisotopic (exact) mass is 277 g/mol. The maximum Gasteiger partial charge on any atom is 0.191 e. The van der Waals surface area contributed by atoms with Gasteiger partial charge in [0.15, 0.2) is 5.96 Å². The molecule has 0 spiro atoms. The van der Waals surface area contributed by atoms with Gasteiger partial charge >= 0.3 is 0 Å². The Labute approximate surface area is 120 Å². The van der Waals surface area contributed by atoms with Crippen molar-refractivity contribution in [1.82, 2.24) is 10.6 Å². The Balaban J connectivity index is 1.91. The maximum atomic E-state index is 10.1. The molecule has 1 aromatic rings. The highest BCUT2D eigenvalue weighted by Gasteiger charge is 2.22. The summed E-state index contributed by atoms with van der Waals surface area (Å²) < 4.78 is 5.10. The van der Waals surface area contributed by atoms with Crippen LogP contribution in [0.4, 0.5) is 0 Å². The third kappa shape index (κ3) is 4.42. The van der Waals surface area contributed by atoms with E-state index in [0.717, 1.165) is 23.8 Å². The summed E-state index contributed by atoms with van der Waals surface area (Å²) in [5.41, 5.74) is 0.844. The van der Waals surface area contributed by atoms with E-state index in [1.54, 1.807) is 7.11 Å². The van der Waals surface area contributed by atoms with Crippen LogP contribution in [0.3, 0.4) is 0 Å². The Kier molecular flexibility index (Phi) is 5.24. The van der Waals surface area contributed by atoms with Gasteiger partial charge in [0.05, 0.1) is 19.8 Å². The summed E-state index contributed by atoms with van der Waals surface area (Å²) in [6.07, 6.45) is 1.80. The molecular weight excluding hydrogens is 254 g/mol. The number of benzene rings is 1. The van der Waals surface area contributed by atoms with Gasteiger partial charge in [0, 0.05) is 12.6 Å². The van der Waals surface area contributed by atoms with E-state index in [-0.39, 0.29) is 0 Å². The molecule has 110 valence electrons. The van der Waals surface area contributed by atoms with Crippen molar-refractivity contribution in [3.8, 4) is 5.75 Å². The van der Waals surface area contributed by atoms with Crippen LogP contribution in [0, 0.1) is 0 Å². The number of nitrogens with one attached hydrogen (secondary N) is 2. The number of rotatable bonds is 6. The van der Waals surface area contributed by atoms with Crippen molar-refractivity contribution in [3.05, 3.63) is 29.8 Å². The summed E-state index contributed by atoms with van der Waals surface area (Å²) in [5.74, 6) is 1.57. The summed E-state index contributed by atoms with van der Waals surface area (Å²) in [6, 6.07) is 7.96. The van der Waals surface area contributed by atoms with E-state index in [0.29, 0.717) is 12.6 Å². The lowest BCUT2D eigenvalue weighted by molar-refractivity contribution is 0.187. The Hall–Kier alpha value is -1.75. The standard InChI is InChI=1S/C15H23N3O2/c1-3-16-15(18-12-6-7-12)17-10-14(19)11-4-8-13(20-2)9-5-11/h4-5,8-9,12,14,19H,3,6-7,10H2,1-2H3,(H2,16,17,18). The minimum absolute atomic E-state index is 0.342. The molecule has 1 atom stereocenters. The molecule has 0 aliphatic heterocycles. The maximum absolute atomic E-state index is 10.1. The SMILES string of the molecule is CCNC(=NCC(O)c1ccc(OC)cc1)NC1CC1. The second kappa shape index (κ2) is 7.14. The zero-order valence-corrected chi connectivity index (χ0v) is 12.1. The summed E-state index contributed by atoms with van der Waals surface area (Å²) in [5, 5.41) is 16.7. The second-order valence-electron chi connectivity index (χ2n) is 4.93. The smallest absolute Gasteiger partial charge is 0.191 e. The van der Waals surface area contributed by atoms with E-state index in [1.165, 1.54) is 12.8 Å². The quantitative estimate of drug-likeness (QED) is 0.544. The molecule has 0 radical (unpaired) electrons. The van der Waals surface area contributed by atoms with Crippen LogP contribution in [0.2, 0.25) is 0 Å². The predicted molar refractivity (Wildman–Crippen MR) is 80.1 cm³/mol. The van der Waals surface area contributed by atoms with Crippen LogP contribution in [-0.2, 0) is 0 Å². The first-order valence-electron chi connectivity index (χ1n) is 7.09. The van der Waals surface area contributed by atoms with Gasteiger partial charge in [-0.15, -0.1) is 0 Å². The average molecular weight is 277 g/mol. The van der Waals surface area contributed by atoms with Crippen LogP contribution in [0.5, 0.6) is 5.75 Å². The zero-order chi connectivity index (χ0) is 14.4. The molecule has 2 rings (SSSR count). The molecule has 1 aliphatic carbocycles. The minimum Gasteiger partial charge on any atom is -0.497 e. The highest BCUT2D eigenvalue weighted by molar-refractivity contribution is 5.80.